The Bertz CT molecular complexity index is 454. The topological polar surface area (TPSA) is 32.3 Å². The van der Waals surface area contributed by atoms with E-state index >= 15 is 0 Å². The molecule has 2 aliphatic carbocycles. The molecule has 0 spiro atoms. The molecule has 0 bridgehead atoms. The first-order chi connectivity index (χ1) is 8.08. The van der Waals surface area contributed by atoms with Gasteiger partial charge in [-0.05, 0) is 48.8 Å². The molecule has 2 nitrogen and oxygen atoms in total. The van der Waals surface area contributed by atoms with Gasteiger partial charge in [0.15, 0.2) is 0 Å². The van der Waals surface area contributed by atoms with E-state index < -0.39 is 0 Å². The first-order valence-electron chi connectivity index (χ1n) is 6.66. The number of aromatic hydroxyl groups is 1. The third-order valence-corrected chi connectivity index (χ3v) is 4.44. The summed E-state index contributed by atoms with van der Waals surface area (Å²) in [5.41, 5.74) is 3.85. The summed E-state index contributed by atoms with van der Waals surface area (Å²) in [4.78, 5) is 0. The van der Waals surface area contributed by atoms with Crippen LogP contribution in [0.5, 0.6) is 5.75 Å². The number of phenols is 1. The lowest BCUT2D eigenvalue weighted by molar-refractivity contribution is 0.441. The standard InChI is InChI=1S/C15H21NO/c1-8-4-5-13(17)15-12(7-10(3)14(8)15)16-11-6-9(11)2/h4-5,9-12,16-17H,6-7H2,1-3H3. The van der Waals surface area contributed by atoms with Gasteiger partial charge in [0.2, 0.25) is 0 Å². The van der Waals surface area contributed by atoms with E-state index in [1.807, 2.05) is 12.1 Å². The highest BCUT2D eigenvalue weighted by molar-refractivity contribution is 5.51. The Morgan fingerprint density at radius 2 is 1.88 bits per heavy atom. The van der Waals surface area contributed by atoms with Crippen molar-refractivity contribution < 1.29 is 5.11 Å². The highest BCUT2D eigenvalue weighted by atomic mass is 16.3. The van der Waals surface area contributed by atoms with Crippen LogP contribution >= 0.6 is 0 Å². The third kappa shape index (κ3) is 1.75. The zero-order valence-electron chi connectivity index (χ0n) is 10.8. The Balaban J connectivity index is 1.94. The van der Waals surface area contributed by atoms with Crippen molar-refractivity contribution in [3.63, 3.8) is 0 Å². The number of nitrogens with one attached hydrogen (secondary N) is 1. The predicted molar refractivity (Wildman–Crippen MR) is 69.3 cm³/mol. The summed E-state index contributed by atoms with van der Waals surface area (Å²) in [6.07, 6.45) is 2.41. The number of phenolic OH excluding ortho intramolecular Hbond substituents is 1. The predicted octanol–water partition coefficient (Wildman–Crippen LogP) is 3.25. The quantitative estimate of drug-likeness (QED) is 0.819. The van der Waals surface area contributed by atoms with Gasteiger partial charge in [-0.2, -0.15) is 0 Å². The summed E-state index contributed by atoms with van der Waals surface area (Å²) in [7, 11) is 0. The Hall–Kier alpha value is -1.02. The molecule has 2 heteroatoms. The van der Waals surface area contributed by atoms with Crippen molar-refractivity contribution in [2.45, 2.75) is 51.6 Å². The lowest BCUT2D eigenvalue weighted by atomic mass is 9.97. The first kappa shape index (κ1) is 11.1. The minimum absolute atomic E-state index is 0.356. The molecular weight excluding hydrogens is 210 g/mol. The lowest BCUT2D eigenvalue weighted by Gasteiger charge is -2.15. The van der Waals surface area contributed by atoms with E-state index in [4.69, 9.17) is 0 Å². The van der Waals surface area contributed by atoms with E-state index in [2.05, 4.69) is 26.1 Å². The summed E-state index contributed by atoms with van der Waals surface area (Å²) < 4.78 is 0. The number of hydrogen-bond acceptors (Lipinski definition) is 2. The van der Waals surface area contributed by atoms with Gasteiger partial charge >= 0.3 is 0 Å². The van der Waals surface area contributed by atoms with Gasteiger partial charge in [-0.3, -0.25) is 0 Å². The molecule has 4 unspecified atom stereocenters. The Labute approximate surface area is 103 Å². The molecule has 3 rings (SSSR count). The van der Waals surface area contributed by atoms with Crippen LogP contribution in [-0.4, -0.2) is 11.1 Å². The van der Waals surface area contributed by atoms with Gasteiger partial charge in [-0.1, -0.05) is 19.9 Å². The smallest absolute Gasteiger partial charge is 0.120 e. The van der Waals surface area contributed by atoms with E-state index in [1.165, 1.54) is 17.5 Å². The summed E-state index contributed by atoms with van der Waals surface area (Å²) >= 11 is 0. The van der Waals surface area contributed by atoms with E-state index in [9.17, 15) is 5.11 Å². The maximum atomic E-state index is 10.1. The van der Waals surface area contributed by atoms with Crippen LogP contribution in [0.3, 0.4) is 0 Å². The van der Waals surface area contributed by atoms with E-state index in [0.717, 1.165) is 17.9 Å². The van der Waals surface area contributed by atoms with Crippen molar-refractivity contribution in [1.82, 2.24) is 5.32 Å². The van der Waals surface area contributed by atoms with Gasteiger partial charge in [0, 0.05) is 17.6 Å². The molecular formula is C15H21NO. The molecule has 0 amide bonds. The van der Waals surface area contributed by atoms with Crippen LogP contribution in [0.25, 0.3) is 0 Å². The van der Waals surface area contributed by atoms with Crippen molar-refractivity contribution in [3.8, 4) is 5.75 Å². The molecule has 0 heterocycles. The van der Waals surface area contributed by atoms with Crippen molar-refractivity contribution >= 4 is 0 Å². The van der Waals surface area contributed by atoms with Crippen LogP contribution in [0.15, 0.2) is 12.1 Å². The van der Waals surface area contributed by atoms with Crippen molar-refractivity contribution in [3.05, 3.63) is 28.8 Å². The van der Waals surface area contributed by atoms with Crippen LogP contribution in [0.4, 0.5) is 0 Å². The summed E-state index contributed by atoms with van der Waals surface area (Å²) in [5, 5.41) is 13.8. The highest BCUT2D eigenvalue weighted by Crippen LogP contribution is 2.47. The van der Waals surface area contributed by atoms with Crippen molar-refractivity contribution in [2.24, 2.45) is 5.92 Å². The molecule has 0 saturated heterocycles. The number of aryl methyl sites for hydroxylation is 1. The summed E-state index contributed by atoms with van der Waals surface area (Å²) in [6.45, 7) is 6.70. The average molecular weight is 231 g/mol. The maximum Gasteiger partial charge on any atom is 0.120 e. The fourth-order valence-electron chi connectivity index (χ4n) is 3.31. The summed E-state index contributed by atoms with van der Waals surface area (Å²) in [5.74, 6) is 1.84. The second-order valence-electron chi connectivity index (χ2n) is 5.90. The molecule has 1 fully saturated rings. The number of benzene rings is 1. The molecule has 1 aromatic rings. The van der Waals surface area contributed by atoms with Crippen LogP contribution < -0.4 is 5.32 Å². The van der Waals surface area contributed by atoms with Crippen LogP contribution in [0.2, 0.25) is 0 Å². The Morgan fingerprint density at radius 3 is 2.53 bits per heavy atom. The zero-order chi connectivity index (χ0) is 12.2. The normalized spacial score (nSPS) is 34.8. The van der Waals surface area contributed by atoms with Gasteiger partial charge in [-0.15, -0.1) is 0 Å². The SMILES string of the molecule is Cc1ccc(O)c2c1C(C)CC2NC1CC1C. The summed E-state index contributed by atoms with van der Waals surface area (Å²) in [6, 6.07) is 4.90. The van der Waals surface area contributed by atoms with Gasteiger partial charge in [0.05, 0.1) is 0 Å². The van der Waals surface area contributed by atoms with Crippen LogP contribution in [0, 0.1) is 12.8 Å². The van der Waals surface area contributed by atoms with Crippen molar-refractivity contribution in [2.75, 3.05) is 0 Å². The highest BCUT2D eigenvalue weighted by Gasteiger charge is 2.39. The minimum Gasteiger partial charge on any atom is -0.508 e. The van der Waals surface area contributed by atoms with Crippen molar-refractivity contribution in [1.29, 1.82) is 0 Å². The van der Waals surface area contributed by atoms with Gasteiger partial charge < -0.3 is 10.4 Å². The third-order valence-electron chi connectivity index (χ3n) is 4.44. The maximum absolute atomic E-state index is 10.1. The molecule has 2 aliphatic rings. The Kier molecular flexibility index (Phi) is 2.44. The average Bonchev–Trinajstić information content (AvgIpc) is 2.84. The van der Waals surface area contributed by atoms with Gasteiger partial charge in [-0.25, -0.2) is 0 Å². The molecule has 1 saturated carbocycles. The van der Waals surface area contributed by atoms with E-state index in [0.29, 0.717) is 23.8 Å². The Morgan fingerprint density at radius 1 is 1.18 bits per heavy atom. The molecule has 0 aromatic heterocycles. The van der Waals surface area contributed by atoms with Gasteiger partial charge in [0.1, 0.15) is 5.75 Å². The zero-order valence-corrected chi connectivity index (χ0v) is 10.8. The lowest BCUT2D eigenvalue weighted by Crippen LogP contribution is -2.22. The molecule has 2 N–H and O–H groups in total. The largest absolute Gasteiger partial charge is 0.508 e. The second kappa shape index (κ2) is 3.74. The van der Waals surface area contributed by atoms with Gasteiger partial charge in [0.25, 0.3) is 0 Å². The van der Waals surface area contributed by atoms with E-state index in [-0.39, 0.29) is 0 Å². The molecule has 4 atom stereocenters. The minimum atomic E-state index is 0.356. The monoisotopic (exact) mass is 231 g/mol. The molecule has 1 aromatic carbocycles. The first-order valence-corrected chi connectivity index (χ1v) is 6.66. The molecule has 92 valence electrons. The molecule has 17 heavy (non-hydrogen) atoms. The number of rotatable bonds is 2. The molecule has 0 aliphatic heterocycles. The fraction of sp³-hybridized carbons (Fsp3) is 0.600. The fourth-order valence-corrected chi connectivity index (χ4v) is 3.31. The van der Waals surface area contributed by atoms with Crippen LogP contribution in [-0.2, 0) is 0 Å². The van der Waals surface area contributed by atoms with Crippen LogP contribution in [0.1, 0.15) is 55.3 Å². The molecule has 0 radical (unpaired) electrons. The number of hydrogen-bond donors (Lipinski definition) is 2. The second-order valence-corrected chi connectivity index (χ2v) is 5.90. The van der Waals surface area contributed by atoms with E-state index in [1.54, 1.807) is 0 Å². The number of fused-ring (bicyclic) bond motifs is 1.